The van der Waals surface area contributed by atoms with Crippen LogP contribution in [-0.4, -0.2) is 38.4 Å². The summed E-state index contributed by atoms with van der Waals surface area (Å²) in [6, 6.07) is 3.81. The maximum absolute atomic E-state index is 13.9. The number of ether oxygens (including phenoxy) is 2. The molecule has 1 atom stereocenters. The summed E-state index contributed by atoms with van der Waals surface area (Å²) in [6.45, 7) is 0.732. The van der Waals surface area contributed by atoms with Gasteiger partial charge in [-0.1, -0.05) is 6.07 Å². The number of rotatable bonds is 7. The van der Waals surface area contributed by atoms with Gasteiger partial charge in [-0.05, 0) is 31.9 Å². The van der Waals surface area contributed by atoms with Crippen LogP contribution in [0.15, 0.2) is 23.2 Å². The lowest BCUT2D eigenvalue weighted by molar-refractivity contribution is -0.0506. The van der Waals surface area contributed by atoms with E-state index in [1.165, 1.54) is 18.2 Å². The number of hydrogen-bond acceptors (Lipinski definition) is 3. The summed E-state index contributed by atoms with van der Waals surface area (Å²) in [5.74, 6) is -0.366. The predicted molar refractivity (Wildman–Crippen MR) is 100 cm³/mol. The first-order chi connectivity index (χ1) is 11.6. The molecule has 1 heterocycles. The van der Waals surface area contributed by atoms with E-state index >= 15 is 0 Å². The molecule has 142 valence electrons. The molecule has 5 nitrogen and oxygen atoms in total. The fraction of sp³-hybridized carbons (Fsp3) is 0.562. The molecule has 25 heavy (non-hydrogen) atoms. The van der Waals surface area contributed by atoms with Gasteiger partial charge in [0, 0.05) is 19.7 Å². The summed E-state index contributed by atoms with van der Waals surface area (Å²) in [5.41, 5.74) is -0.00730. The SMILES string of the molecule is CCNC(=NCc1c(F)cccc1OC(F)F)NCC1CCCO1.I. The molecule has 1 fully saturated rings. The monoisotopic (exact) mass is 473 g/mol. The van der Waals surface area contributed by atoms with Gasteiger partial charge in [0.15, 0.2) is 5.96 Å². The summed E-state index contributed by atoms with van der Waals surface area (Å²) in [6.07, 6.45) is 2.13. The van der Waals surface area contributed by atoms with E-state index in [1.54, 1.807) is 0 Å². The Morgan fingerprint density at radius 3 is 2.84 bits per heavy atom. The molecule has 1 aromatic rings. The molecule has 2 rings (SSSR count). The van der Waals surface area contributed by atoms with Crippen LogP contribution < -0.4 is 15.4 Å². The normalized spacial score (nSPS) is 17.3. The fourth-order valence-electron chi connectivity index (χ4n) is 2.41. The molecule has 1 aliphatic rings. The third-order valence-electron chi connectivity index (χ3n) is 3.55. The van der Waals surface area contributed by atoms with Crippen molar-refractivity contribution in [2.24, 2.45) is 4.99 Å². The standard InChI is InChI=1S/C16H22F3N3O2.HI/c1-2-20-16(21-9-11-5-4-8-23-11)22-10-12-13(17)6-3-7-14(12)24-15(18)19;/h3,6-7,11,15H,2,4-5,8-10H2,1H3,(H2,20,21,22);1H. The first-order valence-electron chi connectivity index (χ1n) is 7.96. The first-order valence-corrected chi connectivity index (χ1v) is 7.96. The average Bonchev–Trinajstić information content (AvgIpc) is 3.04. The highest BCUT2D eigenvalue weighted by atomic mass is 127. The minimum atomic E-state index is -3.01. The van der Waals surface area contributed by atoms with Gasteiger partial charge in [-0.2, -0.15) is 8.78 Å². The quantitative estimate of drug-likeness (QED) is 0.363. The van der Waals surface area contributed by atoms with Crippen LogP contribution in [0.5, 0.6) is 5.75 Å². The van der Waals surface area contributed by atoms with Crippen molar-refractivity contribution in [2.75, 3.05) is 19.7 Å². The molecule has 1 aliphatic heterocycles. The van der Waals surface area contributed by atoms with E-state index in [9.17, 15) is 13.2 Å². The minimum absolute atomic E-state index is 0. The second-order valence-electron chi connectivity index (χ2n) is 5.31. The highest BCUT2D eigenvalue weighted by Crippen LogP contribution is 2.24. The van der Waals surface area contributed by atoms with Gasteiger partial charge in [-0.3, -0.25) is 0 Å². The second-order valence-corrected chi connectivity index (χ2v) is 5.31. The fourth-order valence-corrected chi connectivity index (χ4v) is 2.41. The molecule has 0 amide bonds. The maximum atomic E-state index is 13.9. The molecule has 0 bridgehead atoms. The van der Waals surface area contributed by atoms with Crippen LogP contribution in [0.3, 0.4) is 0 Å². The van der Waals surface area contributed by atoms with Gasteiger partial charge in [0.05, 0.1) is 18.2 Å². The van der Waals surface area contributed by atoms with Gasteiger partial charge in [0.25, 0.3) is 0 Å². The number of hydrogen-bond donors (Lipinski definition) is 2. The van der Waals surface area contributed by atoms with E-state index in [1.807, 2.05) is 6.92 Å². The summed E-state index contributed by atoms with van der Waals surface area (Å²) in [4.78, 5) is 4.25. The van der Waals surface area contributed by atoms with Crippen LogP contribution >= 0.6 is 24.0 Å². The Morgan fingerprint density at radius 1 is 1.40 bits per heavy atom. The van der Waals surface area contributed by atoms with Crippen LogP contribution in [0.4, 0.5) is 13.2 Å². The molecular formula is C16H23F3IN3O2. The van der Waals surface area contributed by atoms with Crippen LogP contribution in [0.1, 0.15) is 25.3 Å². The first kappa shape index (κ1) is 21.8. The summed E-state index contributed by atoms with van der Waals surface area (Å²) >= 11 is 0. The van der Waals surface area contributed by atoms with Crippen molar-refractivity contribution in [3.8, 4) is 5.75 Å². The molecule has 9 heteroatoms. The van der Waals surface area contributed by atoms with Gasteiger partial charge in [0.1, 0.15) is 11.6 Å². The molecule has 1 unspecified atom stereocenters. The molecular weight excluding hydrogens is 450 g/mol. The number of nitrogens with one attached hydrogen (secondary N) is 2. The van der Waals surface area contributed by atoms with Gasteiger partial charge in [-0.15, -0.1) is 24.0 Å². The van der Waals surface area contributed by atoms with Crippen LogP contribution in [-0.2, 0) is 11.3 Å². The van der Waals surface area contributed by atoms with Gasteiger partial charge in [-0.25, -0.2) is 9.38 Å². The highest BCUT2D eigenvalue weighted by Gasteiger charge is 2.16. The van der Waals surface area contributed by atoms with Crippen molar-refractivity contribution < 1.29 is 22.6 Å². The number of benzene rings is 1. The molecule has 1 aromatic carbocycles. The largest absolute Gasteiger partial charge is 0.434 e. The Kier molecular flexibility index (Phi) is 9.94. The zero-order chi connectivity index (χ0) is 17.4. The highest BCUT2D eigenvalue weighted by molar-refractivity contribution is 14.0. The Balaban J connectivity index is 0.00000312. The maximum Gasteiger partial charge on any atom is 0.387 e. The topological polar surface area (TPSA) is 54.9 Å². The zero-order valence-electron chi connectivity index (χ0n) is 13.9. The molecule has 1 saturated heterocycles. The van der Waals surface area contributed by atoms with E-state index in [4.69, 9.17) is 4.74 Å². The molecule has 0 spiro atoms. The minimum Gasteiger partial charge on any atom is -0.434 e. The Labute approximate surface area is 162 Å². The smallest absolute Gasteiger partial charge is 0.387 e. The van der Waals surface area contributed by atoms with E-state index in [0.717, 1.165) is 19.4 Å². The Hall–Kier alpha value is -1.23. The van der Waals surface area contributed by atoms with E-state index in [0.29, 0.717) is 19.0 Å². The number of halogens is 4. The van der Waals surface area contributed by atoms with Crippen LogP contribution in [0, 0.1) is 5.82 Å². The summed E-state index contributed by atoms with van der Waals surface area (Å²) < 4.78 is 48.6. The Morgan fingerprint density at radius 2 is 2.20 bits per heavy atom. The third kappa shape index (κ3) is 7.27. The van der Waals surface area contributed by atoms with Crippen molar-refractivity contribution in [2.45, 2.75) is 39.0 Å². The molecule has 0 aliphatic carbocycles. The van der Waals surface area contributed by atoms with Crippen LogP contribution in [0.25, 0.3) is 0 Å². The van der Waals surface area contributed by atoms with Crippen molar-refractivity contribution in [1.29, 1.82) is 0 Å². The van der Waals surface area contributed by atoms with Crippen molar-refractivity contribution in [1.82, 2.24) is 10.6 Å². The van der Waals surface area contributed by atoms with Gasteiger partial charge >= 0.3 is 6.61 Å². The second kappa shape index (κ2) is 11.4. The lowest BCUT2D eigenvalue weighted by atomic mass is 10.2. The molecule has 0 saturated carbocycles. The number of aliphatic imine (C=N–C) groups is 1. The lowest BCUT2D eigenvalue weighted by Gasteiger charge is -2.15. The lowest BCUT2D eigenvalue weighted by Crippen LogP contribution is -2.41. The number of nitrogens with zero attached hydrogens (tertiary/aromatic N) is 1. The van der Waals surface area contributed by atoms with E-state index in [2.05, 4.69) is 20.4 Å². The third-order valence-corrected chi connectivity index (χ3v) is 3.55. The number of guanidine groups is 1. The average molecular weight is 473 g/mol. The molecule has 2 N–H and O–H groups in total. The predicted octanol–water partition coefficient (Wildman–Crippen LogP) is 3.28. The van der Waals surface area contributed by atoms with Crippen LogP contribution in [0.2, 0.25) is 0 Å². The molecule has 0 aromatic heterocycles. The Bertz CT molecular complexity index is 555. The van der Waals surface area contributed by atoms with Gasteiger partial charge in [0.2, 0.25) is 0 Å². The van der Waals surface area contributed by atoms with Crippen molar-refractivity contribution in [3.63, 3.8) is 0 Å². The van der Waals surface area contributed by atoms with Crippen molar-refractivity contribution in [3.05, 3.63) is 29.6 Å². The van der Waals surface area contributed by atoms with Gasteiger partial charge < -0.3 is 20.1 Å². The summed E-state index contributed by atoms with van der Waals surface area (Å²) in [5, 5.41) is 6.14. The van der Waals surface area contributed by atoms with Crippen molar-refractivity contribution >= 4 is 29.9 Å². The van der Waals surface area contributed by atoms with E-state index < -0.39 is 12.4 Å². The molecule has 0 radical (unpaired) electrons. The zero-order valence-corrected chi connectivity index (χ0v) is 16.3. The summed E-state index contributed by atoms with van der Waals surface area (Å²) in [7, 11) is 0. The number of alkyl halides is 2. The van der Waals surface area contributed by atoms with E-state index in [-0.39, 0.29) is 47.9 Å².